The molecule has 1 amide bonds. The van der Waals surface area contributed by atoms with Crippen molar-refractivity contribution in [3.63, 3.8) is 0 Å². The van der Waals surface area contributed by atoms with Gasteiger partial charge in [0.1, 0.15) is 0 Å². The summed E-state index contributed by atoms with van der Waals surface area (Å²) in [6, 6.07) is 0. The van der Waals surface area contributed by atoms with Crippen LogP contribution in [-0.2, 0) is 22.4 Å². The predicted molar refractivity (Wildman–Crippen MR) is 71.1 cm³/mol. The van der Waals surface area contributed by atoms with Crippen molar-refractivity contribution in [2.45, 2.75) is 51.9 Å². The van der Waals surface area contributed by atoms with Gasteiger partial charge in [0.2, 0.25) is 11.8 Å². The second-order valence-corrected chi connectivity index (χ2v) is 4.56. The Hall–Kier alpha value is -1.92. The van der Waals surface area contributed by atoms with E-state index in [1.54, 1.807) is 0 Å². The van der Waals surface area contributed by atoms with E-state index in [1.165, 1.54) is 0 Å². The van der Waals surface area contributed by atoms with E-state index in [0.717, 1.165) is 12.8 Å². The maximum Gasteiger partial charge on any atom is 0.303 e. The molecule has 1 rings (SSSR count). The van der Waals surface area contributed by atoms with Crippen molar-refractivity contribution < 1.29 is 19.2 Å². The number of carbonyl (C=O) groups is 2. The summed E-state index contributed by atoms with van der Waals surface area (Å²) in [5.41, 5.74) is 0. The summed E-state index contributed by atoms with van der Waals surface area (Å²) >= 11 is 0. The standard InChI is InChI=1S/C13H21N3O4/c1-2-5-10-15-12(20-16-10)8-7-11(17)14-9-4-3-6-13(18)19/h2-9H2,1H3,(H,14,17)(H,18,19). The van der Waals surface area contributed by atoms with Crippen molar-refractivity contribution in [2.75, 3.05) is 6.54 Å². The topological polar surface area (TPSA) is 105 Å². The number of amides is 1. The molecule has 0 radical (unpaired) electrons. The number of hydrogen-bond acceptors (Lipinski definition) is 5. The summed E-state index contributed by atoms with van der Waals surface area (Å²) in [5, 5.41) is 15.0. The molecule has 20 heavy (non-hydrogen) atoms. The van der Waals surface area contributed by atoms with E-state index in [2.05, 4.69) is 15.5 Å². The zero-order chi connectivity index (χ0) is 14.8. The number of carboxylic acid groups (broad SMARTS) is 1. The fourth-order valence-electron chi connectivity index (χ4n) is 1.65. The first-order chi connectivity index (χ1) is 9.61. The summed E-state index contributed by atoms with van der Waals surface area (Å²) in [7, 11) is 0. The summed E-state index contributed by atoms with van der Waals surface area (Å²) in [4.78, 5) is 26.0. The van der Waals surface area contributed by atoms with Crippen molar-refractivity contribution in [3.05, 3.63) is 11.7 Å². The lowest BCUT2D eigenvalue weighted by atomic mass is 10.2. The molecule has 1 heterocycles. The molecule has 112 valence electrons. The van der Waals surface area contributed by atoms with Crippen molar-refractivity contribution in [2.24, 2.45) is 0 Å². The Morgan fingerprint density at radius 1 is 1.25 bits per heavy atom. The Kier molecular flexibility index (Phi) is 7.31. The van der Waals surface area contributed by atoms with Gasteiger partial charge in [0, 0.05) is 32.2 Å². The van der Waals surface area contributed by atoms with Crippen molar-refractivity contribution >= 4 is 11.9 Å². The monoisotopic (exact) mass is 283 g/mol. The number of hydrogen-bond donors (Lipinski definition) is 2. The van der Waals surface area contributed by atoms with Crippen molar-refractivity contribution in [1.29, 1.82) is 0 Å². The average molecular weight is 283 g/mol. The second kappa shape index (κ2) is 9.06. The fourth-order valence-corrected chi connectivity index (χ4v) is 1.65. The number of unbranched alkanes of at least 4 members (excludes halogenated alkanes) is 1. The molecule has 0 aliphatic heterocycles. The van der Waals surface area contributed by atoms with Crippen LogP contribution in [0.4, 0.5) is 0 Å². The average Bonchev–Trinajstić information content (AvgIpc) is 2.84. The number of aliphatic carboxylic acids is 1. The zero-order valence-corrected chi connectivity index (χ0v) is 11.7. The van der Waals surface area contributed by atoms with Gasteiger partial charge < -0.3 is 14.9 Å². The van der Waals surface area contributed by atoms with E-state index in [1.807, 2.05) is 6.92 Å². The van der Waals surface area contributed by atoms with Crippen LogP contribution in [0, 0.1) is 0 Å². The molecule has 0 fully saturated rings. The molecule has 0 saturated heterocycles. The minimum Gasteiger partial charge on any atom is -0.481 e. The van der Waals surface area contributed by atoms with Crippen molar-refractivity contribution in [3.8, 4) is 0 Å². The van der Waals surface area contributed by atoms with Gasteiger partial charge >= 0.3 is 5.97 Å². The highest BCUT2D eigenvalue weighted by Crippen LogP contribution is 2.03. The molecular formula is C13H21N3O4. The van der Waals surface area contributed by atoms with Gasteiger partial charge in [-0.3, -0.25) is 9.59 Å². The molecule has 0 aromatic carbocycles. The highest BCUT2D eigenvalue weighted by molar-refractivity contribution is 5.75. The van der Waals surface area contributed by atoms with Gasteiger partial charge in [0.15, 0.2) is 5.82 Å². The molecule has 1 aromatic heterocycles. The van der Waals surface area contributed by atoms with Crippen LogP contribution in [0.1, 0.15) is 50.7 Å². The van der Waals surface area contributed by atoms with E-state index < -0.39 is 5.97 Å². The fraction of sp³-hybridized carbons (Fsp3) is 0.692. The lowest BCUT2D eigenvalue weighted by molar-refractivity contribution is -0.137. The van der Waals surface area contributed by atoms with Crippen molar-refractivity contribution in [1.82, 2.24) is 15.5 Å². The Morgan fingerprint density at radius 3 is 2.75 bits per heavy atom. The first-order valence-electron chi connectivity index (χ1n) is 6.91. The Balaban J connectivity index is 2.11. The minimum atomic E-state index is -0.810. The summed E-state index contributed by atoms with van der Waals surface area (Å²) in [6.07, 6.45) is 3.83. The molecule has 0 aliphatic carbocycles. The molecule has 0 unspecified atom stereocenters. The second-order valence-electron chi connectivity index (χ2n) is 4.56. The number of nitrogens with zero attached hydrogens (tertiary/aromatic N) is 2. The van der Waals surface area contributed by atoms with Gasteiger partial charge in [0.05, 0.1) is 0 Å². The maximum absolute atomic E-state index is 11.5. The van der Waals surface area contributed by atoms with Crippen LogP contribution in [0.25, 0.3) is 0 Å². The van der Waals surface area contributed by atoms with Crippen LogP contribution < -0.4 is 5.32 Å². The molecule has 0 spiro atoms. The SMILES string of the molecule is CCCc1noc(CCC(=O)NCCCCC(=O)O)n1. The lowest BCUT2D eigenvalue weighted by Gasteiger charge is -2.02. The number of carboxylic acids is 1. The lowest BCUT2D eigenvalue weighted by Crippen LogP contribution is -2.24. The minimum absolute atomic E-state index is 0.0874. The largest absolute Gasteiger partial charge is 0.481 e. The Labute approximate surface area is 117 Å². The van der Waals surface area contributed by atoms with E-state index in [0.29, 0.717) is 43.9 Å². The highest BCUT2D eigenvalue weighted by atomic mass is 16.5. The normalized spacial score (nSPS) is 10.4. The van der Waals surface area contributed by atoms with Crippen LogP contribution in [-0.4, -0.2) is 33.7 Å². The molecule has 0 bridgehead atoms. The Morgan fingerprint density at radius 2 is 2.05 bits per heavy atom. The zero-order valence-electron chi connectivity index (χ0n) is 11.7. The van der Waals surface area contributed by atoms with Gasteiger partial charge in [0.25, 0.3) is 0 Å². The third-order valence-electron chi connectivity index (χ3n) is 2.69. The summed E-state index contributed by atoms with van der Waals surface area (Å²) in [6.45, 7) is 2.53. The van der Waals surface area contributed by atoms with Crippen LogP contribution in [0.5, 0.6) is 0 Å². The molecule has 2 N–H and O–H groups in total. The molecule has 7 nitrogen and oxygen atoms in total. The van der Waals surface area contributed by atoms with Crippen LogP contribution in [0.3, 0.4) is 0 Å². The quantitative estimate of drug-likeness (QED) is 0.627. The third-order valence-corrected chi connectivity index (χ3v) is 2.69. The summed E-state index contributed by atoms with van der Waals surface area (Å²) < 4.78 is 5.03. The van der Waals surface area contributed by atoms with E-state index >= 15 is 0 Å². The number of nitrogens with one attached hydrogen (secondary N) is 1. The molecule has 0 saturated carbocycles. The number of rotatable bonds is 10. The van der Waals surface area contributed by atoms with Crippen LogP contribution >= 0.6 is 0 Å². The van der Waals surface area contributed by atoms with Gasteiger partial charge in [-0.05, 0) is 19.3 Å². The van der Waals surface area contributed by atoms with Gasteiger partial charge in [-0.2, -0.15) is 4.98 Å². The molecule has 1 aromatic rings. The third kappa shape index (κ3) is 6.86. The molecule has 0 atom stereocenters. The summed E-state index contributed by atoms with van der Waals surface area (Å²) in [5.74, 6) is 0.261. The molecular weight excluding hydrogens is 262 g/mol. The number of carbonyl (C=O) groups excluding carboxylic acids is 1. The van der Waals surface area contributed by atoms with Crippen LogP contribution in [0.15, 0.2) is 4.52 Å². The van der Waals surface area contributed by atoms with Gasteiger partial charge in [-0.15, -0.1) is 0 Å². The van der Waals surface area contributed by atoms with Gasteiger partial charge in [-0.25, -0.2) is 0 Å². The maximum atomic E-state index is 11.5. The molecule has 0 aliphatic rings. The van der Waals surface area contributed by atoms with E-state index in [-0.39, 0.29) is 12.3 Å². The highest BCUT2D eigenvalue weighted by Gasteiger charge is 2.08. The van der Waals surface area contributed by atoms with Gasteiger partial charge in [-0.1, -0.05) is 12.1 Å². The number of aromatic nitrogens is 2. The predicted octanol–water partition coefficient (Wildman–Crippen LogP) is 1.33. The smallest absolute Gasteiger partial charge is 0.303 e. The van der Waals surface area contributed by atoms with Crippen LogP contribution in [0.2, 0.25) is 0 Å². The first-order valence-corrected chi connectivity index (χ1v) is 6.91. The molecule has 7 heteroatoms. The Bertz CT molecular complexity index is 431. The number of aryl methyl sites for hydroxylation is 2. The van der Waals surface area contributed by atoms with E-state index in [9.17, 15) is 9.59 Å². The first kappa shape index (κ1) is 16.1. The van der Waals surface area contributed by atoms with E-state index in [4.69, 9.17) is 9.63 Å².